The van der Waals surface area contributed by atoms with Gasteiger partial charge in [-0.2, -0.15) is 0 Å². The molecular formula is C15H22N2O2S. The van der Waals surface area contributed by atoms with E-state index in [1.54, 1.807) is 0 Å². The van der Waals surface area contributed by atoms with Gasteiger partial charge in [-0.3, -0.25) is 0 Å². The highest BCUT2D eigenvalue weighted by Crippen LogP contribution is 2.25. The van der Waals surface area contributed by atoms with E-state index in [1.807, 2.05) is 26.1 Å². The lowest BCUT2D eigenvalue weighted by Gasteiger charge is -2.36. The Bertz CT molecular complexity index is 499. The lowest BCUT2D eigenvalue weighted by atomic mass is 9.93. The van der Waals surface area contributed by atoms with Crippen LogP contribution in [0.3, 0.4) is 0 Å². The minimum absolute atomic E-state index is 0.416. The third-order valence-electron chi connectivity index (χ3n) is 3.87. The topological polar surface area (TPSA) is 58.7 Å². The Kier molecular flexibility index (Phi) is 4.62. The van der Waals surface area contributed by atoms with E-state index in [0.717, 1.165) is 16.8 Å². The van der Waals surface area contributed by atoms with Crippen molar-refractivity contribution in [1.29, 1.82) is 0 Å². The fourth-order valence-electron chi connectivity index (χ4n) is 2.60. The Morgan fingerprint density at radius 3 is 2.65 bits per heavy atom. The molecule has 1 aromatic rings. The van der Waals surface area contributed by atoms with Crippen molar-refractivity contribution in [3.63, 3.8) is 0 Å². The van der Waals surface area contributed by atoms with Gasteiger partial charge in [0, 0.05) is 50.9 Å². The highest BCUT2D eigenvalue weighted by atomic mass is 32.1. The summed E-state index contributed by atoms with van der Waals surface area (Å²) in [5.74, 6) is 0. The summed E-state index contributed by atoms with van der Waals surface area (Å²) in [6, 6.07) is 5.99. The van der Waals surface area contributed by atoms with Crippen molar-refractivity contribution in [3.05, 3.63) is 29.3 Å². The van der Waals surface area contributed by atoms with Crippen LogP contribution in [0.25, 0.3) is 0 Å². The molecule has 0 radical (unpaired) electrons. The lowest BCUT2D eigenvalue weighted by Crippen LogP contribution is -2.45. The van der Waals surface area contributed by atoms with Gasteiger partial charge in [0.25, 0.3) is 0 Å². The van der Waals surface area contributed by atoms with Crippen LogP contribution in [-0.2, 0) is 4.74 Å². The van der Waals surface area contributed by atoms with Crippen molar-refractivity contribution in [1.82, 2.24) is 0 Å². The summed E-state index contributed by atoms with van der Waals surface area (Å²) < 4.78 is 5.31. The zero-order valence-corrected chi connectivity index (χ0v) is 12.9. The molecule has 0 aliphatic carbocycles. The second-order valence-corrected chi connectivity index (χ2v) is 6.00. The van der Waals surface area contributed by atoms with Gasteiger partial charge in [-0.15, -0.1) is 0 Å². The quantitative estimate of drug-likeness (QED) is 0.826. The Hall–Kier alpha value is -1.17. The van der Waals surface area contributed by atoms with E-state index < -0.39 is 5.60 Å². The predicted molar refractivity (Wildman–Crippen MR) is 85.3 cm³/mol. The average molecular weight is 294 g/mol. The monoisotopic (exact) mass is 294 g/mol. The molecule has 4 nitrogen and oxygen atoms in total. The first kappa shape index (κ1) is 15.2. The molecule has 1 aliphatic heterocycles. The maximum absolute atomic E-state index is 10.6. The van der Waals surface area contributed by atoms with Crippen molar-refractivity contribution in [3.8, 4) is 0 Å². The fourth-order valence-corrected chi connectivity index (χ4v) is 2.83. The first-order valence-electron chi connectivity index (χ1n) is 6.83. The molecule has 1 aliphatic rings. The number of aryl methyl sites for hydroxylation is 1. The van der Waals surface area contributed by atoms with Crippen LogP contribution in [-0.4, -0.2) is 42.5 Å². The molecule has 0 amide bonds. The number of hydrogen-bond acceptors (Lipinski definition) is 4. The second-order valence-electron chi connectivity index (χ2n) is 5.56. The summed E-state index contributed by atoms with van der Waals surface area (Å²) in [6.07, 6.45) is 1.36. The van der Waals surface area contributed by atoms with E-state index in [9.17, 15) is 5.11 Å². The Balaban J connectivity index is 2.11. The Morgan fingerprint density at radius 2 is 2.10 bits per heavy atom. The molecule has 110 valence electrons. The van der Waals surface area contributed by atoms with Gasteiger partial charge in [0.2, 0.25) is 0 Å². The predicted octanol–water partition coefficient (Wildman–Crippen LogP) is 1.61. The Labute approximate surface area is 125 Å². The van der Waals surface area contributed by atoms with Crippen LogP contribution in [0.4, 0.5) is 5.69 Å². The molecule has 1 aromatic carbocycles. The number of benzene rings is 1. The van der Waals surface area contributed by atoms with Crippen LogP contribution in [0.5, 0.6) is 0 Å². The fraction of sp³-hybridized carbons (Fsp3) is 0.533. The molecule has 3 N–H and O–H groups in total. The molecule has 0 unspecified atom stereocenters. The molecule has 0 atom stereocenters. The molecule has 0 spiro atoms. The van der Waals surface area contributed by atoms with Gasteiger partial charge in [0.1, 0.15) is 4.99 Å². The van der Waals surface area contributed by atoms with Crippen LogP contribution in [0, 0.1) is 6.92 Å². The summed E-state index contributed by atoms with van der Waals surface area (Å²) in [6.45, 7) is 3.85. The van der Waals surface area contributed by atoms with Crippen molar-refractivity contribution in [2.45, 2.75) is 25.4 Å². The number of likely N-dealkylation sites (N-methyl/N-ethyl adjacent to an activating group) is 1. The average Bonchev–Trinajstić information content (AvgIpc) is 2.38. The largest absolute Gasteiger partial charge is 0.389 e. The minimum Gasteiger partial charge on any atom is -0.389 e. The SMILES string of the molecule is Cc1cc(N(C)CC2(O)CCOCC2)ccc1C(N)=S. The summed E-state index contributed by atoms with van der Waals surface area (Å²) in [5, 5.41) is 10.6. The summed E-state index contributed by atoms with van der Waals surface area (Å²) in [4.78, 5) is 2.49. The summed E-state index contributed by atoms with van der Waals surface area (Å²) in [5.41, 5.74) is 8.03. The third kappa shape index (κ3) is 3.48. The molecule has 20 heavy (non-hydrogen) atoms. The van der Waals surface area contributed by atoms with Crippen molar-refractivity contribution < 1.29 is 9.84 Å². The summed E-state index contributed by atoms with van der Waals surface area (Å²) in [7, 11) is 1.99. The minimum atomic E-state index is -0.664. The number of aliphatic hydroxyl groups is 1. The zero-order valence-electron chi connectivity index (χ0n) is 12.1. The van der Waals surface area contributed by atoms with Gasteiger partial charge in [0.05, 0.1) is 5.60 Å². The summed E-state index contributed by atoms with van der Waals surface area (Å²) >= 11 is 5.02. The molecule has 0 bridgehead atoms. The highest BCUT2D eigenvalue weighted by Gasteiger charge is 2.31. The second kappa shape index (κ2) is 6.08. The number of anilines is 1. The van der Waals surface area contributed by atoms with Crippen LogP contribution < -0.4 is 10.6 Å². The van der Waals surface area contributed by atoms with Gasteiger partial charge in [0.15, 0.2) is 0 Å². The zero-order chi connectivity index (χ0) is 14.8. The van der Waals surface area contributed by atoms with Crippen molar-refractivity contribution in [2.75, 3.05) is 31.7 Å². The number of thiocarbonyl (C=S) groups is 1. The van der Waals surface area contributed by atoms with Gasteiger partial charge in [-0.05, 0) is 30.7 Å². The first-order chi connectivity index (χ1) is 9.41. The number of nitrogens with zero attached hydrogens (tertiary/aromatic N) is 1. The van der Waals surface area contributed by atoms with Crippen LogP contribution in [0.15, 0.2) is 18.2 Å². The maximum atomic E-state index is 10.6. The number of nitrogens with two attached hydrogens (primary N) is 1. The molecule has 1 fully saturated rings. The van der Waals surface area contributed by atoms with E-state index in [0.29, 0.717) is 37.6 Å². The first-order valence-corrected chi connectivity index (χ1v) is 7.24. The van der Waals surface area contributed by atoms with Crippen molar-refractivity contribution >= 4 is 22.9 Å². The maximum Gasteiger partial charge on any atom is 0.104 e. The smallest absolute Gasteiger partial charge is 0.104 e. The molecule has 5 heteroatoms. The van der Waals surface area contributed by atoms with E-state index in [-0.39, 0.29) is 0 Å². The molecule has 0 aromatic heterocycles. The molecule has 2 rings (SSSR count). The number of hydrogen-bond donors (Lipinski definition) is 2. The van der Waals surface area contributed by atoms with E-state index in [4.69, 9.17) is 22.7 Å². The van der Waals surface area contributed by atoms with Gasteiger partial charge >= 0.3 is 0 Å². The molecular weight excluding hydrogens is 272 g/mol. The molecule has 0 saturated carbocycles. The number of rotatable bonds is 4. The standard InChI is InChI=1S/C15H22N2O2S/c1-11-9-12(3-4-13(11)14(16)20)17(2)10-15(18)5-7-19-8-6-15/h3-4,9,18H,5-8,10H2,1-2H3,(H2,16,20). The van der Waals surface area contributed by atoms with Crippen LogP contribution in [0.1, 0.15) is 24.0 Å². The van der Waals surface area contributed by atoms with Crippen LogP contribution in [0.2, 0.25) is 0 Å². The van der Waals surface area contributed by atoms with Crippen molar-refractivity contribution in [2.24, 2.45) is 5.73 Å². The highest BCUT2D eigenvalue weighted by molar-refractivity contribution is 7.80. The van der Waals surface area contributed by atoms with E-state index >= 15 is 0 Å². The van der Waals surface area contributed by atoms with E-state index in [1.165, 1.54) is 0 Å². The molecule has 1 saturated heterocycles. The van der Waals surface area contributed by atoms with Gasteiger partial charge in [-0.1, -0.05) is 12.2 Å². The van der Waals surface area contributed by atoms with E-state index in [2.05, 4.69) is 11.0 Å². The van der Waals surface area contributed by atoms with Gasteiger partial charge < -0.3 is 20.5 Å². The normalized spacial score (nSPS) is 17.8. The third-order valence-corrected chi connectivity index (χ3v) is 4.09. The molecule has 1 heterocycles. The number of ether oxygens (including phenoxy) is 1. The van der Waals surface area contributed by atoms with Crippen LogP contribution >= 0.6 is 12.2 Å². The lowest BCUT2D eigenvalue weighted by molar-refractivity contribution is -0.0572. The van der Waals surface area contributed by atoms with Gasteiger partial charge in [-0.25, -0.2) is 0 Å². The Morgan fingerprint density at radius 1 is 1.45 bits per heavy atom.